The van der Waals surface area contributed by atoms with E-state index in [-0.39, 0.29) is 0 Å². The number of rotatable bonds is 4. The Hall–Kier alpha value is -1.72. The summed E-state index contributed by atoms with van der Waals surface area (Å²) in [4.78, 5) is 2.35. The first-order valence-corrected chi connectivity index (χ1v) is 8.22. The van der Waals surface area contributed by atoms with E-state index in [4.69, 9.17) is 10.5 Å². The lowest BCUT2D eigenvalue weighted by molar-refractivity contribution is 0.122. The number of nitrogens with one attached hydrogen (secondary N) is 1. The lowest BCUT2D eigenvalue weighted by Gasteiger charge is -2.28. The Morgan fingerprint density at radius 1 is 1.09 bits per heavy atom. The van der Waals surface area contributed by atoms with Crippen molar-refractivity contribution >= 4 is 33.0 Å². The molecule has 0 spiro atoms. The van der Waals surface area contributed by atoms with Gasteiger partial charge in [-0.3, -0.25) is 0 Å². The topological polar surface area (TPSA) is 50.5 Å². The number of anilines is 3. The largest absolute Gasteiger partial charge is 0.397 e. The van der Waals surface area contributed by atoms with Gasteiger partial charge in [-0.15, -0.1) is 0 Å². The van der Waals surface area contributed by atoms with Gasteiger partial charge in [0, 0.05) is 29.8 Å². The molecule has 1 aliphatic heterocycles. The summed E-state index contributed by atoms with van der Waals surface area (Å²) in [6.45, 7) is 4.30. The first-order valence-electron chi connectivity index (χ1n) is 7.43. The highest BCUT2D eigenvalue weighted by atomic mass is 79.9. The molecule has 1 fully saturated rings. The third kappa shape index (κ3) is 3.72. The zero-order valence-electron chi connectivity index (χ0n) is 12.4. The van der Waals surface area contributed by atoms with Crippen LogP contribution < -0.4 is 16.0 Å². The van der Waals surface area contributed by atoms with Gasteiger partial charge in [0.1, 0.15) is 0 Å². The monoisotopic (exact) mass is 361 g/mol. The molecule has 0 aliphatic carbocycles. The lowest BCUT2D eigenvalue weighted by Crippen LogP contribution is -2.36. The molecular weight excluding hydrogens is 342 g/mol. The molecule has 1 heterocycles. The molecule has 1 aliphatic rings. The van der Waals surface area contributed by atoms with Gasteiger partial charge in [-0.2, -0.15) is 0 Å². The molecule has 3 rings (SSSR count). The Morgan fingerprint density at radius 3 is 2.55 bits per heavy atom. The van der Waals surface area contributed by atoms with E-state index in [9.17, 15) is 0 Å². The Labute approximate surface area is 139 Å². The highest BCUT2D eigenvalue weighted by molar-refractivity contribution is 9.10. The molecule has 0 amide bonds. The van der Waals surface area contributed by atoms with E-state index in [1.807, 2.05) is 18.2 Å². The number of morpholine rings is 1. The van der Waals surface area contributed by atoms with Gasteiger partial charge in [0.2, 0.25) is 0 Å². The minimum absolute atomic E-state index is 0.754. The molecule has 4 nitrogen and oxygen atoms in total. The van der Waals surface area contributed by atoms with Gasteiger partial charge in [0.25, 0.3) is 0 Å². The van der Waals surface area contributed by atoms with Crippen LogP contribution in [0.5, 0.6) is 0 Å². The van der Waals surface area contributed by atoms with Crippen molar-refractivity contribution in [3.63, 3.8) is 0 Å². The third-order valence-corrected chi connectivity index (χ3v) is 4.30. The molecule has 0 radical (unpaired) electrons. The summed E-state index contributed by atoms with van der Waals surface area (Å²) in [5, 5.41) is 3.38. The van der Waals surface area contributed by atoms with Crippen molar-refractivity contribution in [3.05, 3.63) is 52.5 Å². The molecule has 2 aromatic rings. The van der Waals surface area contributed by atoms with E-state index in [2.05, 4.69) is 50.4 Å². The number of ether oxygens (including phenoxy) is 1. The summed E-state index contributed by atoms with van der Waals surface area (Å²) in [6, 6.07) is 14.5. The smallest absolute Gasteiger partial charge is 0.0642 e. The Balaban J connectivity index is 1.62. The van der Waals surface area contributed by atoms with Gasteiger partial charge in [-0.25, -0.2) is 0 Å². The molecule has 0 unspecified atom stereocenters. The standard InChI is InChI=1S/C17H20BrN3O/c18-14-3-6-16(19)17(11-14)20-12-13-1-4-15(5-2-13)21-7-9-22-10-8-21/h1-6,11,20H,7-10,12,19H2. The average Bonchev–Trinajstić information content (AvgIpc) is 2.57. The van der Waals surface area contributed by atoms with Crippen LogP contribution in [0.25, 0.3) is 0 Å². The van der Waals surface area contributed by atoms with Gasteiger partial charge in [-0.1, -0.05) is 28.1 Å². The fourth-order valence-electron chi connectivity index (χ4n) is 2.53. The Morgan fingerprint density at radius 2 is 1.82 bits per heavy atom. The number of hydrogen-bond donors (Lipinski definition) is 2. The highest BCUT2D eigenvalue weighted by Crippen LogP contribution is 2.24. The molecule has 0 saturated carbocycles. The van der Waals surface area contributed by atoms with E-state index in [1.54, 1.807) is 0 Å². The van der Waals surface area contributed by atoms with Gasteiger partial charge in [0.15, 0.2) is 0 Å². The molecule has 116 valence electrons. The minimum Gasteiger partial charge on any atom is -0.397 e. The molecule has 1 saturated heterocycles. The molecule has 3 N–H and O–H groups in total. The van der Waals surface area contributed by atoms with E-state index in [1.165, 1.54) is 11.3 Å². The summed E-state index contributed by atoms with van der Waals surface area (Å²) in [6.07, 6.45) is 0. The normalized spacial score (nSPS) is 14.9. The SMILES string of the molecule is Nc1ccc(Br)cc1NCc1ccc(N2CCOCC2)cc1. The maximum absolute atomic E-state index is 5.97. The van der Waals surface area contributed by atoms with E-state index >= 15 is 0 Å². The van der Waals surface area contributed by atoms with Crippen LogP contribution >= 0.6 is 15.9 Å². The molecule has 0 aromatic heterocycles. The molecule has 0 bridgehead atoms. The van der Waals surface area contributed by atoms with Crippen molar-refractivity contribution in [1.82, 2.24) is 0 Å². The Bertz CT molecular complexity index is 624. The van der Waals surface area contributed by atoms with Crippen LogP contribution in [0.4, 0.5) is 17.1 Å². The first-order chi connectivity index (χ1) is 10.7. The van der Waals surface area contributed by atoms with Gasteiger partial charge in [-0.05, 0) is 35.9 Å². The molecular formula is C17H20BrN3O. The number of nitrogens with zero attached hydrogens (tertiary/aromatic N) is 1. The van der Waals surface area contributed by atoms with Crippen LogP contribution in [0.15, 0.2) is 46.9 Å². The molecule has 0 atom stereocenters. The predicted octanol–water partition coefficient (Wildman–Crippen LogP) is 3.48. The zero-order chi connectivity index (χ0) is 15.4. The molecule has 2 aromatic carbocycles. The van der Waals surface area contributed by atoms with Crippen molar-refractivity contribution < 1.29 is 4.74 Å². The number of nitrogen functional groups attached to an aromatic ring is 1. The summed E-state index contributed by atoms with van der Waals surface area (Å²) in [5.41, 5.74) is 10.2. The van der Waals surface area contributed by atoms with Gasteiger partial charge < -0.3 is 20.7 Å². The number of halogens is 1. The first kappa shape index (κ1) is 15.2. The number of hydrogen-bond acceptors (Lipinski definition) is 4. The molecule has 5 heteroatoms. The second-order valence-electron chi connectivity index (χ2n) is 5.35. The van der Waals surface area contributed by atoms with E-state index < -0.39 is 0 Å². The second-order valence-corrected chi connectivity index (χ2v) is 6.27. The minimum atomic E-state index is 0.754. The maximum atomic E-state index is 5.97. The van der Waals surface area contributed by atoms with E-state index in [0.29, 0.717) is 0 Å². The average molecular weight is 362 g/mol. The summed E-state index contributed by atoms with van der Waals surface area (Å²) in [7, 11) is 0. The Kier molecular flexibility index (Phi) is 4.85. The predicted molar refractivity (Wildman–Crippen MR) is 95.4 cm³/mol. The summed E-state index contributed by atoms with van der Waals surface area (Å²) >= 11 is 3.46. The third-order valence-electron chi connectivity index (χ3n) is 3.81. The quantitative estimate of drug-likeness (QED) is 0.818. The maximum Gasteiger partial charge on any atom is 0.0642 e. The van der Waals surface area contributed by atoms with Gasteiger partial charge in [0.05, 0.1) is 24.6 Å². The van der Waals surface area contributed by atoms with Crippen LogP contribution in [-0.4, -0.2) is 26.3 Å². The van der Waals surface area contributed by atoms with Crippen LogP contribution in [0.1, 0.15) is 5.56 Å². The van der Waals surface area contributed by atoms with Crippen molar-refractivity contribution in [2.24, 2.45) is 0 Å². The number of nitrogens with two attached hydrogens (primary N) is 1. The fraction of sp³-hybridized carbons (Fsp3) is 0.294. The second kappa shape index (κ2) is 7.03. The van der Waals surface area contributed by atoms with Crippen molar-refractivity contribution in [3.8, 4) is 0 Å². The van der Waals surface area contributed by atoms with E-state index in [0.717, 1.165) is 48.7 Å². The van der Waals surface area contributed by atoms with Gasteiger partial charge >= 0.3 is 0 Å². The molecule has 22 heavy (non-hydrogen) atoms. The number of benzene rings is 2. The van der Waals surface area contributed by atoms with Crippen molar-refractivity contribution in [1.29, 1.82) is 0 Å². The van der Waals surface area contributed by atoms with Crippen LogP contribution in [-0.2, 0) is 11.3 Å². The van der Waals surface area contributed by atoms with Crippen LogP contribution in [0, 0.1) is 0 Å². The highest BCUT2D eigenvalue weighted by Gasteiger charge is 2.10. The van der Waals surface area contributed by atoms with Crippen molar-refractivity contribution in [2.45, 2.75) is 6.54 Å². The summed E-state index contributed by atoms with van der Waals surface area (Å²) < 4.78 is 6.41. The van der Waals surface area contributed by atoms with Crippen LogP contribution in [0.2, 0.25) is 0 Å². The zero-order valence-corrected chi connectivity index (χ0v) is 14.0. The van der Waals surface area contributed by atoms with Crippen LogP contribution in [0.3, 0.4) is 0 Å². The van der Waals surface area contributed by atoms with Crippen molar-refractivity contribution in [2.75, 3.05) is 42.3 Å². The fourth-order valence-corrected chi connectivity index (χ4v) is 2.89. The lowest BCUT2D eigenvalue weighted by atomic mass is 10.1. The summed E-state index contributed by atoms with van der Waals surface area (Å²) in [5.74, 6) is 0.